The van der Waals surface area contributed by atoms with Crippen molar-refractivity contribution in [2.24, 2.45) is 0 Å². The number of aromatic nitrogens is 1. The first-order chi connectivity index (χ1) is 8.83. The highest BCUT2D eigenvalue weighted by atomic mass is 35.5. The van der Waals surface area contributed by atoms with Gasteiger partial charge in [-0.2, -0.15) is 0 Å². The average molecular weight is 307 g/mol. The summed E-state index contributed by atoms with van der Waals surface area (Å²) in [5.74, 6) is 0. The van der Waals surface area contributed by atoms with E-state index >= 15 is 0 Å². The van der Waals surface area contributed by atoms with Crippen molar-refractivity contribution in [3.8, 4) is 0 Å². The molecule has 0 amide bonds. The first kappa shape index (κ1) is 14.7. The number of hydrogen-bond donors (Lipinski definition) is 2. The van der Waals surface area contributed by atoms with Crippen LogP contribution >= 0.6 is 11.6 Å². The smallest absolute Gasteiger partial charge is 0.242 e. The van der Waals surface area contributed by atoms with E-state index < -0.39 is 21.7 Å². The first-order valence-electron chi connectivity index (χ1n) is 5.79. The Morgan fingerprint density at radius 1 is 1.63 bits per heavy atom. The van der Waals surface area contributed by atoms with Crippen LogP contribution in [0.2, 0.25) is 5.15 Å². The van der Waals surface area contributed by atoms with Gasteiger partial charge in [0.25, 0.3) is 0 Å². The molecule has 2 unspecified atom stereocenters. The van der Waals surface area contributed by atoms with Crippen LogP contribution in [0.5, 0.6) is 0 Å². The van der Waals surface area contributed by atoms with Crippen LogP contribution in [0.25, 0.3) is 0 Å². The van der Waals surface area contributed by atoms with Gasteiger partial charge < -0.3 is 9.84 Å². The van der Waals surface area contributed by atoms with Crippen LogP contribution in [0.3, 0.4) is 0 Å². The van der Waals surface area contributed by atoms with Crippen molar-refractivity contribution in [2.45, 2.75) is 29.9 Å². The molecule has 106 valence electrons. The van der Waals surface area contributed by atoms with Gasteiger partial charge in [0.15, 0.2) is 0 Å². The summed E-state index contributed by atoms with van der Waals surface area (Å²) in [4.78, 5) is 3.72. The van der Waals surface area contributed by atoms with Gasteiger partial charge in [-0.3, -0.25) is 0 Å². The summed E-state index contributed by atoms with van der Waals surface area (Å²) < 4.78 is 31.6. The normalized spacial score (nSPS) is 27.6. The fourth-order valence-electron chi connectivity index (χ4n) is 1.83. The summed E-state index contributed by atoms with van der Waals surface area (Å²) in [6.45, 7) is 2.03. The molecule has 0 aliphatic carbocycles. The Bertz CT molecular complexity index is 548. The zero-order valence-corrected chi connectivity index (χ0v) is 11.9. The molecule has 19 heavy (non-hydrogen) atoms. The van der Waals surface area contributed by atoms with Gasteiger partial charge in [0.05, 0.1) is 6.10 Å². The zero-order valence-electron chi connectivity index (χ0n) is 10.3. The number of hydrogen-bond acceptors (Lipinski definition) is 5. The molecule has 0 bridgehead atoms. The van der Waals surface area contributed by atoms with E-state index in [0.29, 0.717) is 13.0 Å². The molecule has 8 heteroatoms. The molecule has 1 aromatic heterocycles. The number of ether oxygens (including phenoxy) is 1. The lowest BCUT2D eigenvalue weighted by Crippen LogP contribution is -2.47. The second-order valence-electron chi connectivity index (χ2n) is 4.51. The number of aliphatic hydroxyl groups is 1. The maximum Gasteiger partial charge on any atom is 0.242 e. The van der Waals surface area contributed by atoms with Gasteiger partial charge >= 0.3 is 0 Å². The molecule has 1 fully saturated rings. The standard InChI is InChI=1S/C11H15ClN2O4S/c1-8-11(15,4-5-18-8)7-14-19(16,17)9-2-3-10(12)13-6-9/h2-3,6,8,14-15H,4-5,7H2,1H3. The number of nitrogens with one attached hydrogen (secondary N) is 1. The molecule has 2 atom stereocenters. The lowest BCUT2D eigenvalue weighted by atomic mass is 9.97. The lowest BCUT2D eigenvalue weighted by molar-refractivity contribution is -0.0228. The molecule has 0 aromatic carbocycles. The molecule has 6 nitrogen and oxygen atoms in total. The van der Waals surface area contributed by atoms with Gasteiger partial charge in [0.2, 0.25) is 10.0 Å². The third-order valence-electron chi connectivity index (χ3n) is 3.24. The maximum atomic E-state index is 12.0. The van der Waals surface area contributed by atoms with E-state index in [4.69, 9.17) is 16.3 Å². The Hall–Kier alpha value is -0.730. The highest BCUT2D eigenvalue weighted by Gasteiger charge is 2.40. The first-order valence-corrected chi connectivity index (χ1v) is 7.65. The van der Waals surface area contributed by atoms with Crippen molar-refractivity contribution in [1.82, 2.24) is 9.71 Å². The molecule has 1 aliphatic rings. The number of sulfonamides is 1. The van der Waals surface area contributed by atoms with Gasteiger partial charge in [0.1, 0.15) is 15.6 Å². The zero-order chi connectivity index (χ0) is 14.1. The van der Waals surface area contributed by atoms with E-state index in [1.165, 1.54) is 18.3 Å². The molecule has 2 heterocycles. The Kier molecular flexibility index (Phi) is 4.12. The van der Waals surface area contributed by atoms with E-state index in [9.17, 15) is 13.5 Å². The molecular formula is C11H15ClN2O4S. The molecule has 2 N–H and O–H groups in total. The number of pyridine rings is 1. The second-order valence-corrected chi connectivity index (χ2v) is 6.66. The van der Waals surface area contributed by atoms with Crippen molar-refractivity contribution in [2.75, 3.05) is 13.2 Å². The number of rotatable bonds is 4. The van der Waals surface area contributed by atoms with Crippen molar-refractivity contribution in [3.05, 3.63) is 23.5 Å². The minimum absolute atomic E-state index is 0.00654. The van der Waals surface area contributed by atoms with E-state index in [-0.39, 0.29) is 16.6 Å². The van der Waals surface area contributed by atoms with Crippen LogP contribution in [0.15, 0.2) is 23.2 Å². The highest BCUT2D eigenvalue weighted by molar-refractivity contribution is 7.89. The van der Waals surface area contributed by atoms with E-state index in [0.717, 1.165) is 0 Å². The maximum absolute atomic E-state index is 12.0. The molecule has 0 saturated carbocycles. The molecule has 0 spiro atoms. The third-order valence-corrected chi connectivity index (χ3v) is 4.85. The summed E-state index contributed by atoms with van der Waals surface area (Å²) in [6.07, 6.45) is 1.16. The van der Waals surface area contributed by atoms with Gasteiger partial charge in [-0.05, 0) is 19.1 Å². The van der Waals surface area contributed by atoms with Gasteiger partial charge in [-0.1, -0.05) is 11.6 Å². The fraction of sp³-hybridized carbons (Fsp3) is 0.545. The van der Waals surface area contributed by atoms with Crippen LogP contribution in [0, 0.1) is 0 Å². The Morgan fingerprint density at radius 3 is 2.89 bits per heavy atom. The largest absolute Gasteiger partial charge is 0.386 e. The van der Waals surface area contributed by atoms with Crippen LogP contribution < -0.4 is 4.72 Å². The molecule has 1 aliphatic heterocycles. The third kappa shape index (κ3) is 3.24. The van der Waals surface area contributed by atoms with Crippen molar-refractivity contribution in [1.29, 1.82) is 0 Å². The van der Waals surface area contributed by atoms with Gasteiger partial charge in [-0.15, -0.1) is 0 Å². The number of halogens is 1. The van der Waals surface area contributed by atoms with Gasteiger partial charge in [0, 0.05) is 25.8 Å². The van der Waals surface area contributed by atoms with Crippen LogP contribution in [-0.2, 0) is 14.8 Å². The Morgan fingerprint density at radius 2 is 2.37 bits per heavy atom. The Labute approximate surface area is 116 Å². The fourth-order valence-corrected chi connectivity index (χ4v) is 2.98. The average Bonchev–Trinajstić information content (AvgIpc) is 2.69. The van der Waals surface area contributed by atoms with Crippen molar-refractivity contribution in [3.63, 3.8) is 0 Å². The lowest BCUT2D eigenvalue weighted by Gasteiger charge is -2.25. The predicted molar refractivity (Wildman–Crippen MR) is 69.4 cm³/mol. The van der Waals surface area contributed by atoms with Gasteiger partial charge in [-0.25, -0.2) is 18.1 Å². The quantitative estimate of drug-likeness (QED) is 0.793. The number of nitrogens with zero attached hydrogens (tertiary/aromatic N) is 1. The second kappa shape index (κ2) is 5.34. The van der Waals surface area contributed by atoms with Crippen LogP contribution in [-0.4, -0.2) is 43.4 Å². The topological polar surface area (TPSA) is 88.5 Å². The van der Waals surface area contributed by atoms with E-state index in [2.05, 4.69) is 9.71 Å². The summed E-state index contributed by atoms with van der Waals surface area (Å²) >= 11 is 5.60. The molecule has 2 rings (SSSR count). The highest BCUT2D eigenvalue weighted by Crippen LogP contribution is 2.25. The van der Waals surface area contributed by atoms with Crippen molar-refractivity contribution < 1.29 is 18.3 Å². The van der Waals surface area contributed by atoms with E-state index in [1.54, 1.807) is 6.92 Å². The van der Waals surface area contributed by atoms with Crippen molar-refractivity contribution >= 4 is 21.6 Å². The molecular weight excluding hydrogens is 292 g/mol. The minimum atomic E-state index is -3.71. The van der Waals surface area contributed by atoms with Crippen LogP contribution in [0.4, 0.5) is 0 Å². The molecule has 0 radical (unpaired) electrons. The SMILES string of the molecule is CC1OCCC1(O)CNS(=O)(=O)c1ccc(Cl)nc1. The van der Waals surface area contributed by atoms with Crippen LogP contribution in [0.1, 0.15) is 13.3 Å². The molecule has 1 aromatic rings. The monoisotopic (exact) mass is 306 g/mol. The minimum Gasteiger partial charge on any atom is -0.386 e. The Balaban J connectivity index is 2.08. The summed E-state index contributed by atoms with van der Waals surface area (Å²) in [7, 11) is -3.71. The predicted octanol–water partition coefficient (Wildman–Crippen LogP) is 0.553. The van der Waals surface area contributed by atoms with E-state index in [1.807, 2.05) is 0 Å². The summed E-state index contributed by atoms with van der Waals surface area (Å²) in [6, 6.07) is 2.75. The summed E-state index contributed by atoms with van der Waals surface area (Å²) in [5, 5.41) is 10.4. The molecule has 1 saturated heterocycles. The summed E-state index contributed by atoms with van der Waals surface area (Å²) in [5.41, 5.74) is -1.17.